The largest absolute Gasteiger partial charge is 0.395 e. The number of aliphatic hydroxyl groups excluding tert-OH is 1. The van der Waals surface area contributed by atoms with E-state index in [9.17, 15) is 5.11 Å². The van der Waals surface area contributed by atoms with Gasteiger partial charge >= 0.3 is 0 Å². The van der Waals surface area contributed by atoms with Crippen molar-refractivity contribution in [2.75, 3.05) is 46.4 Å². The van der Waals surface area contributed by atoms with Crippen LogP contribution in [0.4, 0.5) is 0 Å². The second kappa shape index (κ2) is 10.2. The molecule has 1 heterocycles. The molecule has 2 N–H and O–H groups in total. The maximum Gasteiger partial charge on any atom is 0.0951 e. The Morgan fingerprint density at radius 3 is 1.55 bits per heavy atom. The van der Waals surface area contributed by atoms with E-state index >= 15 is 0 Å². The first-order valence-electron chi connectivity index (χ1n) is 11.2. The molecule has 0 radical (unpaired) electrons. The summed E-state index contributed by atoms with van der Waals surface area (Å²) in [6.07, 6.45) is 0. The highest BCUT2D eigenvalue weighted by atomic mass is 16.3. The number of hydrogen-bond acceptors (Lipinski definition) is 4. The van der Waals surface area contributed by atoms with Crippen LogP contribution in [0.2, 0.25) is 0 Å². The maximum atomic E-state index is 10.4. The summed E-state index contributed by atoms with van der Waals surface area (Å²) in [4.78, 5) is 4.82. The third-order valence-corrected chi connectivity index (χ3v) is 6.34. The predicted molar refractivity (Wildman–Crippen MR) is 127 cm³/mol. The molecule has 31 heavy (non-hydrogen) atoms. The fourth-order valence-corrected chi connectivity index (χ4v) is 4.61. The van der Waals surface area contributed by atoms with Crippen molar-refractivity contribution in [1.29, 1.82) is 0 Å². The van der Waals surface area contributed by atoms with Gasteiger partial charge < -0.3 is 10.0 Å². The molecule has 1 aliphatic rings. The normalized spacial score (nSPS) is 16.8. The van der Waals surface area contributed by atoms with Crippen molar-refractivity contribution in [3.05, 3.63) is 108 Å². The summed E-state index contributed by atoms with van der Waals surface area (Å²) in [5.74, 6) is 0. The Labute approximate surface area is 186 Å². The molecular formula is C27H33N3O. The van der Waals surface area contributed by atoms with Crippen molar-refractivity contribution in [3.63, 3.8) is 0 Å². The molecule has 1 saturated heterocycles. The van der Waals surface area contributed by atoms with Gasteiger partial charge in [-0.05, 0) is 23.7 Å². The molecule has 1 atom stereocenters. The molecule has 1 unspecified atom stereocenters. The number of piperazine rings is 1. The Morgan fingerprint density at radius 2 is 1.16 bits per heavy atom. The van der Waals surface area contributed by atoms with Gasteiger partial charge in [0.05, 0.1) is 12.1 Å². The lowest BCUT2D eigenvalue weighted by Crippen LogP contribution is -2.56. The highest BCUT2D eigenvalue weighted by molar-refractivity contribution is 5.49. The van der Waals surface area contributed by atoms with Crippen molar-refractivity contribution in [3.8, 4) is 0 Å². The number of hydrogen-bond donors (Lipinski definition) is 2. The number of benzene rings is 3. The minimum atomic E-state index is -0.552. The Balaban J connectivity index is 1.76. The van der Waals surface area contributed by atoms with E-state index in [1.807, 2.05) is 0 Å². The summed E-state index contributed by atoms with van der Waals surface area (Å²) < 4.78 is 0. The molecule has 162 valence electrons. The molecule has 4 nitrogen and oxygen atoms in total. The van der Waals surface area contributed by atoms with E-state index in [0.29, 0.717) is 0 Å². The van der Waals surface area contributed by atoms with Crippen LogP contribution in [0, 0.1) is 0 Å². The zero-order chi connectivity index (χ0) is 21.5. The molecule has 4 heteroatoms. The van der Waals surface area contributed by atoms with Gasteiger partial charge in [0, 0.05) is 38.8 Å². The topological polar surface area (TPSA) is 38.7 Å². The lowest BCUT2D eigenvalue weighted by Gasteiger charge is -2.42. The van der Waals surface area contributed by atoms with Crippen LogP contribution in [0.3, 0.4) is 0 Å². The molecule has 4 rings (SSSR count). The Kier molecular flexibility index (Phi) is 7.15. The van der Waals surface area contributed by atoms with Gasteiger partial charge in [-0.1, -0.05) is 91.0 Å². The molecule has 0 aliphatic carbocycles. The number of aliphatic hydroxyl groups is 1. The third-order valence-electron chi connectivity index (χ3n) is 6.34. The van der Waals surface area contributed by atoms with Crippen LogP contribution < -0.4 is 5.32 Å². The van der Waals surface area contributed by atoms with Crippen LogP contribution >= 0.6 is 0 Å². The first kappa shape index (κ1) is 21.7. The van der Waals surface area contributed by atoms with Crippen LogP contribution in [0.15, 0.2) is 91.0 Å². The number of nitrogens with one attached hydrogen (secondary N) is 1. The summed E-state index contributed by atoms with van der Waals surface area (Å²) in [5, 5.41) is 14.3. The maximum absolute atomic E-state index is 10.4. The Hall–Kier alpha value is -2.50. The smallest absolute Gasteiger partial charge is 0.0951 e. The highest BCUT2D eigenvalue weighted by Crippen LogP contribution is 2.37. The van der Waals surface area contributed by atoms with E-state index < -0.39 is 5.54 Å². The van der Waals surface area contributed by atoms with Crippen LogP contribution in [0.5, 0.6) is 0 Å². The quantitative estimate of drug-likeness (QED) is 0.555. The highest BCUT2D eigenvalue weighted by Gasteiger charge is 2.38. The van der Waals surface area contributed by atoms with Gasteiger partial charge in [0.15, 0.2) is 0 Å². The molecule has 3 aromatic carbocycles. The molecule has 1 aliphatic heterocycles. The summed E-state index contributed by atoms with van der Waals surface area (Å²) in [5.41, 5.74) is 2.96. The molecule has 3 aromatic rings. The van der Waals surface area contributed by atoms with Crippen molar-refractivity contribution in [1.82, 2.24) is 15.1 Å². The minimum Gasteiger partial charge on any atom is -0.395 e. The summed E-state index contributed by atoms with van der Waals surface area (Å²) in [7, 11) is 2.17. The molecule has 0 aromatic heterocycles. The van der Waals surface area contributed by atoms with Crippen LogP contribution in [-0.4, -0.2) is 67.3 Å². The van der Waals surface area contributed by atoms with Crippen molar-refractivity contribution >= 4 is 0 Å². The average molecular weight is 416 g/mol. The van der Waals surface area contributed by atoms with Crippen molar-refractivity contribution in [2.24, 2.45) is 0 Å². The number of rotatable bonds is 8. The molecule has 0 bridgehead atoms. The minimum absolute atomic E-state index is 0.0657. The van der Waals surface area contributed by atoms with Crippen LogP contribution in [0.25, 0.3) is 0 Å². The second-order valence-electron chi connectivity index (χ2n) is 8.48. The van der Waals surface area contributed by atoms with Gasteiger partial charge in [-0.25, -0.2) is 0 Å². The fourth-order valence-electron chi connectivity index (χ4n) is 4.61. The Morgan fingerprint density at radius 1 is 0.742 bits per heavy atom. The fraction of sp³-hybridized carbons (Fsp3) is 0.333. The number of nitrogens with zero attached hydrogens (tertiary/aromatic N) is 2. The predicted octanol–water partition coefficient (Wildman–Crippen LogP) is 3.18. The molecule has 0 spiro atoms. The zero-order valence-corrected chi connectivity index (χ0v) is 18.3. The molecular weight excluding hydrogens is 382 g/mol. The van der Waals surface area contributed by atoms with Gasteiger partial charge in [-0.3, -0.25) is 10.2 Å². The van der Waals surface area contributed by atoms with E-state index in [1.165, 1.54) is 16.7 Å². The Bertz CT molecular complexity index is 812. The third kappa shape index (κ3) is 4.89. The van der Waals surface area contributed by atoms with Crippen molar-refractivity contribution in [2.45, 2.75) is 11.6 Å². The van der Waals surface area contributed by atoms with Gasteiger partial charge in [-0.15, -0.1) is 0 Å². The van der Waals surface area contributed by atoms with Crippen molar-refractivity contribution < 1.29 is 5.11 Å². The SMILES string of the molecule is CN1CCN(CC(CO)NC(c2ccccc2)(c2ccccc2)c2ccccc2)CC1. The average Bonchev–Trinajstić information content (AvgIpc) is 2.85. The van der Waals surface area contributed by atoms with Gasteiger partial charge in [0.1, 0.15) is 0 Å². The van der Waals surface area contributed by atoms with Crippen LogP contribution in [0.1, 0.15) is 16.7 Å². The standard InChI is InChI=1S/C27H33N3O/c1-29-17-19-30(20-18-29)21-26(22-31)28-27(23-11-5-2-6-12-23,24-13-7-3-8-14-24)25-15-9-4-10-16-25/h2-16,26,28,31H,17-22H2,1H3. The lowest BCUT2D eigenvalue weighted by atomic mass is 9.76. The van der Waals surface area contributed by atoms with Gasteiger partial charge in [0.25, 0.3) is 0 Å². The molecule has 1 fully saturated rings. The van der Waals surface area contributed by atoms with E-state index in [0.717, 1.165) is 32.7 Å². The van der Waals surface area contributed by atoms with Gasteiger partial charge in [0.2, 0.25) is 0 Å². The second-order valence-corrected chi connectivity index (χ2v) is 8.48. The monoisotopic (exact) mass is 415 g/mol. The van der Waals surface area contributed by atoms with E-state index in [2.05, 4.69) is 113 Å². The van der Waals surface area contributed by atoms with E-state index in [1.54, 1.807) is 0 Å². The lowest BCUT2D eigenvalue weighted by molar-refractivity contribution is 0.118. The van der Waals surface area contributed by atoms with Crippen LogP contribution in [-0.2, 0) is 5.54 Å². The molecule has 0 saturated carbocycles. The zero-order valence-electron chi connectivity index (χ0n) is 18.3. The van der Waals surface area contributed by atoms with Gasteiger partial charge in [-0.2, -0.15) is 0 Å². The summed E-state index contributed by atoms with van der Waals surface area (Å²) in [6.45, 7) is 5.10. The van der Waals surface area contributed by atoms with E-state index in [-0.39, 0.29) is 12.6 Å². The summed E-state index contributed by atoms with van der Waals surface area (Å²) >= 11 is 0. The summed E-state index contributed by atoms with van der Waals surface area (Å²) in [6, 6.07) is 31.7. The first-order chi connectivity index (χ1) is 15.2. The van der Waals surface area contributed by atoms with E-state index in [4.69, 9.17) is 0 Å². The number of likely N-dealkylation sites (N-methyl/N-ethyl adjacent to an activating group) is 1. The first-order valence-corrected chi connectivity index (χ1v) is 11.2. The molecule has 0 amide bonds.